The lowest BCUT2D eigenvalue weighted by Gasteiger charge is -2.47. The second kappa shape index (κ2) is 6.45. The third-order valence-corrected chi connectivity index (χ3v) is 3.12. The maximum atomic E-state index is 2.39. The molecule has 1 aliphatic carbocycles. The predicted molar refractivity (Wildman–Crippen MR) is 62.0 cm³/mol. The minimum atomic E-state index is 0.795. The van der Waals surface area contributed by atoms with Gasteiger partial charge in [0.2, 0.25) is 0 Å². The molecule has 13 heavy (non-hydrogen) atoms. The van der Waals surface area contributed by atoms with Crippen molar-refractivity contribution in [1.29, 1.82) is 0 Å². The Morgan fingerprint density at radius 2 is 1.38 bits per heavy atom. The molecular formula is C13H28. The van der Waals surface area contributed by atoms with Crippen molar-refractivity contribution in [3.8, 4) is 0 Å². The van der Waals surface area contributed by atoms with Crippen molar-refractivity contribution >= 4 is 0 Å². The quantitative estimate of drug-likeness (QED) is 0.575. The van der Waals surface area contributed by atoms with Gasteiger partial charge in [-0.2, -0.15) is 0 Å². The SMILES string of the molecule is CC.CCCC1(CCC)CC(C)C1. The van der Waals surface area contributed by atoms with Crippen LogP contribution in [-0.4, -0.2) is 0 Å². The van der Waals surface area contributed by atoms with E-state index in [1.165, 1.54) is 38.5 Å². The Hall–Kier alpha value is 0. The number of hydrogen-bond donors (Lipinski definition) is 0. The van der Waals surface area contributed by atoms with Gasteiger partial charge in [0.1, 0.15) is 0 Å². The summed E-state index contributed by atoms with van der Waals surface area (Å²) in [4.78, 5) is 0. The molecule has 0 bridgehead atoms. The molecule has 0 radical (unpaired) electrons. The Morgan fingerprint density at radius 1 is 1.00 bits per heavy atom. The Morgan fingerprint density at radius 3 is 1.62 bits per heavy atom. The van der Waals surface area contributed by atoms with E-state index in [0.29, 0.717) is 0 Å². The van der Waals surface area contributed by atoms with Crippen LogP contribution in [0.4, 0.5) is 0 Å². The van der Waals surface area contributed by atoms with E-state index in [0.717, 1.165) is 11.3 Å². The zero-order chi connectivity index (χ0) is 10.3. The average molecular weight is 184 g/mol. The first-order valence-corrected chi connectivity index (χ1v) is 6.22. The molecule has 0 spiro atoms. The molecule has 1 fully saturated rings. The van der Waals surface area contributed by atoms with Gasteiger partial charge >= 0.3 is 0 Å². The summed E-state index contributed by atoms with van der Waals surface area (Å²) in [6.45, 7) is 11.0. The normalized spacial score (nSPS) is 20.1. The van der Waals surface area contributed by atoms with Crippen LogP contribution in [0, 0.1) is 11.3 Å². The fraction of sp³-hybridized carbons (Fsp3) is 1.00. The van der Waals surface area contributed by atoms with Crippen molar-refractivity contribution in [1.82, 2.24) is 0 Å². The van der Waals surface area contributed by atoms with E-state index in [1.54, 1.807) is 0 Å². The van der Waals surface area contributed by atoms with Crippen LogP contribution in [0.25, 0.3) is 0 Å². The molecule has 0 heteroatoms. The summed E-state index contributed by atoms with van der Waals surface area (Å²) in [6, 6.07) is 0. The zero-order valence-electron chi connectivity index (χ0n) is 10.3. The molecule has 0 heterocycles. The van der Waals surface area contributed by atoms with E-state index >= 15 is 0 Å². The van der Waals surface area contributed by atoms with E-state index in [9.17, 15) is 0 Å². The molecular weight excluding hydrogens is 156 g/mol. The van der Waals surface area contributed by atoms with E-state index in [1.807, 2.05) is 13.8 Å². The molecule has 0 atom stereocenters. The van der Waals surface area contributed by atoms with E-state index in [2.05, 4.69) is 20.8 Å². The minimum absolute atomic E-state index is 0.795. The highest BCUT2D eigenvalue weighted by Gasteiger charge is 2.39. The summed E-state index contributed by atoms with van der Waals surface area (Å²) in [7, 11) is 0. The molecule has 1 rings (SSSR count). The summed E-state index contributed by atoms with van der Waals surface area (Å²) in [5.74, 6) is 1.02. The van der Waals surface area contributed by atoms with Crippen LogP contribution in [0.5, 0.6) is 0 Å². The molecule has 0 unspecified atom stereocenters. The number of rotatable bonds is 4. The highest BCUT2D eigenvalue weighted by atomic mass is 14.4. The topological polar surface area (TPSA) is 0 Å². The average Bonchev–Trinajstić information content (AvgIpc) is 2.06. The van der Waals surface area contributed by atoms with Gasteiger partial charge in [-0.3, -0.25) is 0 Å². The fourth-order valence-corrected chi connectivity index (χ4v) is 3.01. The van der Waals surface area contributed by atoms with Crippen LogP contribution in [0.1, 0.15) is 73.1 Å². The number of hydrogen-bond acceptors (Lipinski definition) is 0. The van der Waals surface area contributed by atoms with E-state index in [4.69, 9.17) is 0 Å². The van der Waals surface area contributed by atoms with Gasteiger partial charge in [-0.1, -0.05) is 47.5 Å². The maximum Gasteiger partial charge on any atom is -0.0293 e. The van der Waals surface area contributed by atoms with Gasteiger partial charge in [0.05, 0.1) is 0 Å². The van der Waals surface area contributed by atoms with Crippen LogP contribution in [0.3, 0.4) is 0 Å². The van der Waals surface area contributed by atoms with Crippen molar-refractivity contribution < 1.29 is 0 Å². The molecule has 0 aromatic rings. The molecule has 0 aromatic heterocycles. The molecule has 0 aromatic carbocycles. The van der Waals surface area contributed by atoms with Gasteiger partial charge in [0, 0.05) is 0 Å². The lowest BCUT2D eigenvalue weighted by atomic mass is 9.58. The molecule has 1 saturated carbocycles. The third-order valence-electron chi connectivity index (χ3n) is 3.12. The largest absolute Gasteiger partial charge is 0.0683 e. The predicted octanol–water partition coefficient (Wildman–Crippen LogP) is 5.03. The van der Waals surface area contributed by atoms with E-state index < -0.39 is 0 Å². The first-order valence-electron chi connectivity index (χ1n) is 6.22. The fourth-order valence-electron chi connectivity index (χ4n) is 3.01. The first kappa shape index (κ1) is 13.0. The van der Waals surface area contributed by atoms with Gasteiger partial charge in [0.25, 0.3) is 0 Å². The second-order valence-electron chi connectivity index (χ2n) is 4.51. The Labute approximate surface area is 85.1 Å². The van der Waals surface area contributed by atoms with Gasteiger partial charge in [-0.25, -0.2) is 0 Å². The van der Waals surface area contributed by atoms with Crippen molar-refractivity contribution in [2.24, 2.45) is 11.3 Å². The smallest absolute Gasteiger partial charge is 0.0293 e. The Kier molecular flexibility index (Phi) is 6.45. The summed E-state index contributed by atoms with van der Waals surface area (Å²) in [5.41, 5.74) is 0.795. The summed E-state index contributed by atoms with van der Waals surface area (Å²) < 4.78 is 0. The lowest BCUT2D eigenvalue weighted by Crippen LogP contribution is -2.35. The van der Waals surface area contributed by atoms with Crippen LogP contribution < -0.4 is 0 Å². The first-order chi connectivity index (χ1) is 6.22. The van der Waals surface area contributed by atoms with E-state index in [-0.39, 0.29) is 0 Å². The molecule has 0 aliphatic heterocycles. The Bertz CT molecular complexity index is 93.7. The summed E-state index contributed by atoms with van der Waals surface area (Å²) in [6.07, 6.45) is 8.74. The summed E-state index contributed by atoms with van der Waals surface area (Å²) >= 11 is 0. The highest BCUT2D eigenvalue weighted by molar-refractivity contribution is 4.90. The van der Waals surface area contributed by atoms with Crippen molar-refractivity contribution in [2.45, 2.75) is 73.1 Å². The Balaban J connectivity index is 0.000000671. The van der Waals surface area contributed by atoms with Crippen LogP contribution in [0.15, 0.2) is 0 Å². The van der Waals surface area contributed by atoms with Crippen LogP contribution in [-0.2, 0) is 0 Å². The minimum Gasteiger partial charge on any atom is -0.0683 e. The van der Waals surface area contributed by atoms with Crippen molar-refractivity contribution in [3.05, 3.63) is 0 Å². The summed E-state index contributed by atoms with van der Waals surface area (Å²) in [5, 5.41) is 0. The third kappa shape index (κ3) is 3.70. The maximum absolute atomic E-state index is 2.39. The van der Waals surface area contributed by atoms with Crippen molar-refractivity contribution in [3.63, 3.8) is 0 Å². The molecule has 0 N–H and O–H groups in total. The molecule has 0 amide bonds. The van der Waals surface area contributed by atoms with Crippen LogP contribution >= 0.6 is 0 Å². The van der Waals surface area contributed by atoms with Gasteiger partial charge in [-0.05, 0) is 37.0 Å². The second-order valence-corrected chi connectivity index (χ2v) is 4.51. The van der Waals surface area contributed by atoms with Crippen LogP contribution in [0.2, 0.25) is 0 Å². The molecule has 1 aliphatic rings. The van der Waals surface area contributed by atoms with Gasteiger partial charge in [0.15, 0.2) is 0 Å². The lowest BCUT2D eigenvalue weighted by molar-refractivity contribution is 0.0441. The monoisotopic (exact) mass is 184 g/mol. The molecule has 80 valence electrons. The van der Waals surface area contributed by atoms with Gasteiger partial charge in [-0.15, -0.1) is 0 Å². The molecule has 0 saturated heterocycles. The molecule has 0 nitrogen and oxygen atoms in total. The zero-order valence-corrected chi connectivity index (χ0v) is 10.3. The van der Waals surface area contributed by atoms with Crippen molar-refractivity contribution in [2.75, 3.05) is 0 Å². The standard InChI is InChI=1S/C11H22.C2H6/c1-4-6-11(7-5-2)8-10(3)9-11;1-2/h10H,4-9H2,1-3H3;1-2H3. The van der Waals surface area contributed by atoms with Gasteiger partial charge < -0.3 is 0 Å². The highest BCUT2D eigenvalue weighted by Crippen LogP contribution is 2.51.